The number of carbonyl (C=O) groups excluding carboxylic acids is 4. The Morgan fingerprint density at radius 2 is 1.67 bits per heavy atom. The van der Waals surface area contributed by atoms with Crippen molar-refractivity contribution in [1.29, 1.82) is 0 Å². The zero-order valence-corrected chi connectivity index (χ0v) is 19.6. The normalized spacial score (nSPS) is 16.3. The molecule has 0 aromatic carbocycles. The first-order valence-corrected chi connectivity index (χ1v) is 10.7. The average Bonchev–Trinajstić information content (AvgIpc) is 2.93. The lowest BCUT2D eigenvalue weighted by atomic mass is 9.91. The van der Waals surface area contributed by atoms with Crippen molar-refractivity contribution < 1.29 is 34.8 Å². The van der Waals surface area contributed by atoms with Crippen molar-refractivity contribution in [2.45, 2.75) is 46.3 Å². The highest BCUT2D eigenvalue weighted by molar-refractivity contribution is 7.81. The van der Waals surface area contributed by atoms with E-state index in [0.717, 1.165) is 4.90 Å². The van der Waals surface area contributed by atoms with E-state index in [-0.39, 0.29) is 57.7 Å². The summed E-state index contributed by atoms with van der Waals surface area (Å²) in [5.41, 5.74) is -0.485. The molecule has 0 spiro atoms. The zero-order chi connectivity index (χ0) is 23.2. The first kappa shape index (κ1) is 28.5. The van der Waals surface area contributed by atoms with Crippen LogP contribution in [-0.4, -0.2) is 86.4 Å². The molecule has 0 bridgehead atoms. The van der Waals surface area contributed by atoms with E-state index in [1.54, 1.807) is 20.8 Å². The Morgan fingerprint density at radius 1 is 1.07 bits per heavy atom. The van der Waals surface area contributed by atoms with Crippen LogP contribution in [0.1, 0.15) is 42.5 Å². The lowest BCUT2D eigenvalue weighted by Crippen LogP contribution is -2.34. The van der Waals surface area contributed by atoms with E-state index >= 15 is 0 Å². The topological polar surface area (TPSA) is 111 Å². The fraction of sp³-hybridized carbons (Fsp3) is 0.800. The molecule has 1 aliphatic rings. The number of nitrogens with zero attached hydrogens (tertiary/aromatic N) is 1. The molecule has 0 aliphatic carbocycles. The SMILES string of the molecule is CC.CC(C)(C)C(=O)COCC(=O)NCCOCCOCCN1C(=O)CC(S)C1=O.[HH]. The van der Waals surface area contributed by atoms with Gasteiger partial charge in [-0.2, -0.15) is 12.6 Å². The van der Waals surface area contributed by atoms with Gasteiger partial charge in [0.25, 0.3) is 0 Å². The summed E-state index contributed by atoms with van der Waals surface area (Å²) in [5.74, 6) is -0.889. The Bertz CT molecular complexity index is 570. The molecule has 1 rings (SSSR count). The lowest BCUT2D eigenvalue weighted by molar-refractivity contribution is -0.139. The number of imide groups is 1. The molecule has 0 aromatic heterocycles. The van der Waals surface area contributed by atoms with Gasteiger partial charge < -0.3 is 19.5 Å². The van der Waals surface area contributed by atoms with Crippen LogP contribution in [0.3, 0.4) is 0 Å². The molecule has 1 heterocycles. The summed E-state index contributed by atoms with van der Waals surface area (Å²) in [4.78, 5) is 47.5. The zero-order valence-electron chi connectivity index (χ0n) is 18.7. The van der Waals surface area contributed by atoms with Gasteiger partial charge in [-0.1, -0.05) is 34.6 Å². The van der Waals surface area contributed by atoms with E-state index in [1.807, 2.05) is 13.8 Å². The van der Waals surface area contributed by atoms with Crippen LogP contribution in [0.4, 0.5) is 0 Å². The maximum Gasteiger partial charge on any atom is 0.246 e. The molecule has 9 nitrogen and oxygen atoms in total. The molecule has 1 N–H and O–H groups in total. The number of likely N-dealkylation sites (tertiary alicyclic amines) is 1. The van der Waals surface area contributed by atoms with E-state index in [9.17, 15) is 19.2 Å². The van der Waals surface area contributed by atoms with Crippen LogP contribution in [0.2, 0.25) is 0 Å². The molecule has 10 heteroatoms. The largest absolute Gasteiger partial charge is 0.377 e. The molecule has 1 atom stereocenters. The quantitative estimate of drug-likeness (QED) is 0.245. The van der Waals surface area contributed by atoms with Gasteiger partial charge in [0.1, 0.15) is 13.2 Å². The number of hydrogen-bond donors (Lipinski definition) is 2. The number of amides is 3. The summed E-state index contributed by atoms with van der Waals surface area (Å²) in [6.07, 6.45) is 0.134. The van der Waals surface area contributed by atoms with Crippen LogP contribution in [0.15, 0.2) is 0 Å². The molecular formula is C20H38N2O7S. The van der Waals surface area contributed by atoms with Gasteiger partial charge in [-0.25, -0.2) is 0 Å². The fourth-order valence-electron chi connectivity index (χ4n) is 2.14. The minimum absolute atomic E-state index is 0. The Hall–Kier alpha value is -1.49. The maximum absolute atomic E-state index is 11.6. The second kappa shape index (κ2) is 15.3. The number of ether oxygens (including phenoxy) is 3. The van der Waals surface area contributed by atoms with Gasteiger partial charge in [0.2, 0.25) is 17.7 Å². The van der Waals surface area contributed by atoms with E-state index in [4.69, 9.17) is 14.2 Å². The predicted molar refractivity (Wildman–Crippen MR) is 118 cm³/mol. The van der Waals surface area contributed by atoms with Crippen LogP contribution in [0.5, 0.6) is 0 Å². The smallest absolute Gasteiger partial charge is 0.246 e. The third-order valence-corrected chi connectivity index (χ3v) is 4.33. The number of rotatable bonds is 13. The molecule has 1 fully saturated rings. The summed E-state index contributed by atoms with van der Waals surface area (Å²) >= 11 is 4.04. The van der Waals surface area contributed by atoms with Crippen LogP contribution in [-0.2, 0) is 33.4 Å². The standard InChI is InChI=1S/C18H30N2O7S.C2H6.H2/c1-18(2,3)14(21)11-27-12-15(22)19-4-6-25-8-9-26-7-5-20-16(23)10-13(28)17(20)24;1-2;/h13,28H,4-12H2,1-3H3,(H,19,22);1-2H3;1H. The average molecular weight is 451 g/mol. The number of carbonyl (C=O) groups is 4. The van der Waals surface area contributed by atoms with Crippen LogP contribution < -0.4 is 5.32 Å². The van der Waals surface area contributed by atoms with Crippen LogP contribution in [0.25, 0.3) is 0 Å². The molecule has 0 aromatic rings. The highest BCUT2D eigenvalue weighted by Crippen LogP contribution is 2.17. The van der Waals surface area contributed by atoms with E-state index in [0.29, 0.717) is 26.4 Å². The van der Waals surface area contributed by atoms with Gasteiger partial charge in [0, 0.05) is 19.8 Å². The van der Waals surface area contributed by atoms with Crippen molar-refractivity contribution in [3.05, 3.63) is 0 Å². The molecule has 176 valence electrons. The van der Waals surface area contributed by atoms with Gasteiger partial charge in [-0.15, -0.1) is 0 Å². The van der Waals surface area contributed by atoms with Crippen LogP contribution in [0, 0.1) is 5.41 Å². The van der Waals surface area contributed by atoms with Gasteiger partial charge in [0.05, 0.1) is 38.2 Å². The summed E-state index contributed by atoms with van der Waals surface area (Å²) in [7, 11) is 0. The Balaban J connectivity index is 0. The molecule has 0 saturated carbocycles. The second-order valence-corrected chi connectivity index (χ2v) is 7.97. The molecule has 1 aliphatic heterocycles. The first-order chi connectivity index (χ1) is 14.1. The lowest BCUT2D eigenvalue weighted by Gasteiger charge is -2.16. The molecule has 1 unspecified atom stereocenters. The Kier molecular flexibility index (Phi) is 14.6. The minimum atomic E-state index is -0.546. The van der Waals surface area contributed by atoms with Crippen molar-refractivity contribution in [1.82, 2.24) is 10.2 Å². The molecule has 30 heavy (non-hydrogen) atoms. The number of Topliss-reactive ketones (excluding diaryl/α,β-unsaturated/α-hetero) is 1. The third kappa shape index (κ3) is 11.6. The number of ketones is 1. The van der Waals surface area contributed by atoms with Crippen molar-refractivity contribution >= 4 is 36.1 Å². The molecule has 1 saturated heterocycles. The first-order valence-electron chi connectivity index (χ1n) is 10.2. The number of hydrogen-bond acceptors (Lipinski definition) is 8. The maximum atomic E-state index is 11.6. The van der Waals surface area contributed by atoms with Gasteiger partial charge in [0.15, 0.2) is 5.78 Å². The third-order valence-electron chi connectivity index (χ3n) is 3.92. The van der Waals surface area contributed by atoms with Crippen molar-refractivity contribution in [2.24, 2.45) is 5.41 Å². The summed E-state index contributed by atoms with van der Waals surface area (Å²) < 4.78 is 15.7. The van der Waals surface area contributed by atoms with Gasteiger partial charge >= 0.3 is 0 Å². The Labute approximate surface area is 186 Å². The highest BCUT2D eigenvalue weighted by Gasteiger charge is 2.35. The number of nitrogens with one attached hydrogen (secondary N) is 1. The van der Waals surface area contributed by atoms with Gasteiger partial charge in [-0.05, 0) is 0 Å². The van der Waals surface area contributed by atoms with E-state index < -0.39 is 10.7 Å². The monoisotopic (exact) mass is 450 g/mol. The summed E-state index contributed by atoms with van der Waals surface area (Å²) in [6.45, 7) is 10.8. The van der Waals surface area contributed by atoms with Crippen LogP contribution >= 0.6 is 12.6 Å². The van der Waals surface area contributed by atoms with Crippen molar-refractivity contribution in [3.63, 3.8) is 0 Å². The van der Waals surface area contributed by atoms with Gasteiger partial charge in [-0.3, -0.25) is 24.1 Å². The summed E-state index contributed by atoms with van der Waals surface area (Å²) in [6, 6.07) is 0. The molecule has 0 radical (unpaired) electrons. The molecular weight excluding hydrogens is 412 g/mol. The van der Waals surface area contributed by atoms with Crippen molar-refractivity contribution in [2.75, 3.05) is 52.7 Å². The highest BCUT2D eigenvalue weighted by atomic mass is 32.1. The minimum Gasteiger partial charge on any atom is -0.377 e. The fourth-order valence-corrected chi connectivity index (χ4v) is 2.44. The van der Waals surface area contributed by atoms with E-state index in [1.165, 1.54) is 0 Å². The van der Waals surface area contributed by atoms with E-state index in [2.05, 4.69) is 17.9 Å². The molecule has 3 amide bonds. The summed E-state index contributed by atoms with van der Waals surface area (Å²) in [5, 5.41) is 2.07. The Morgan fingerprint density at radius 3 is 2.20 bits per heavy atom. The number of thiol groups is 1. The van der Waals surface area contributed by atoms with Crippen molar-refractivity contribution in [3.8, 4) is 0 Å². The second-order valence-electron chi connectivity index (χ2n) is 7.34. The predicted octanol–water partition coefficient (Wildman–Crippen LogP) is 1.10.